The van der Waals surface area contributed by atoms with Crippen molar-refractivity contribution >= 4 is 57.6 Å². The first-order valence-electron chi connectivity index (χ1n) is 10.0. The van der Waals surface area contributed by atoms with Gasteiger partial charge in [-0.15, -0.1) is 0 Å². The molecule has 0 aromatic heterocycles. The number of carbonyl (C=O) groups is 1. The standard InChI is InChI=1S/C25H20ClNO3S2/c26-21-9-4-5-10-22(21)30-16-6-15-29-20-13-11-18(12-14-20)17-23-24(28)27(25(31)32-23)19-7-2-1-3-8-19/h1-5,7-14,17H,6,15-16H2/b23-17+. The minimum atomic E-state index is -0.106. The summed E-state index contributed by atoms with van der Waals surface area (Å²) in [6, 6.07) is 24.5. The summed E-state index contributed by atoms with van der Waals surface area (Å²) in [6.07, 6.45) is 2.58. The van der Waals surface area contributed by atoms with Gasteiger partial charge in [-0.05, 0) is 48.0 Å². The lowest BCUT2D eigenvalue weighted by Crippen LogP contribution is -2.27. The van der Waals surface area contributed by atoms with E-state index in [-0.39, 0.29) is 5.91 Å². The molecular formula is C25H20ClNO3S2. The topological polar surface area (TPSA) is 38.8 Å². The van der Waals surface area contributed by atoms with Crippen molar-refractivity contribution in [1.29, 1.82) is 0 Å². The molecule has 3 aromatic carbocycles. The summed E-state index contributed by atoms with van der Waals surface area (Å²) in [5.41, 5.74) is 1.69. The minimum Gasteiger partial charge on any atom is -0.493 e. The maximum atomic E-state index is 12.8. The number of rotatable bonds is 8. The first kappa shape index (κ1) is 22.4. The maximum Gasteiger partial charge on any atom is 0.270 e. The largest absolute Gasteiger partial charge is 0.493 e. The maximum absolute atomic E-state index is 12.8. The minimum absolute atomic E-state index is 0.106. The molecule has 3 aromatic rings. The quantitative estimate of drug-likeness (QED) is 0.206. The van der Waals surface area contributed by atoms with Gasteiger partial charge in [-0.1, -0.05) is 78.0 Å². The third kappa shape index (κ3) is 5.51. The van der Waals surface area contributed by atoms with Crippen molar-refractivity contribution in [3.05, 3.63) is 94.4 Å². The molecule has 1 amide bonds. The lowest BCUT2D eigenvalue weighted by Gasteiger charge is -2.13. The summed E-state index contributed by atoms with van der Waals surface area (Å²) in [4.78, 5) is 15.0. The second-order valence-electron chi connectivity index (χ2n) is 6.90. The van der Waals surface area contributed by atoms with Gasteiger partial charge in [0.1, 0.15) is 11.5 Å². The van der Waals surface area contributed by atoms with Crippen LogP contribution in [0.25, 0.3) is 6.08 Å². The Hall–Kier alpha value is -2.80. The number of ether oxygens (including phenoxy) is 2. The van der Waals surface area contributed by atoms with Crippen LogP contribution in [0, 0.1) is 0 Å². The van der Waals surface area contributed by atoms with Crippen molar-refractivity contribution in [1.82, 2.24) is 0 Å². The zero-order chi connectivity index (χ0) is 22.3. The second-order valence-corrected chi connectivity index (χ2v) is 8.99. The summed E-state index contributed by atoms with van der Waals surface area (Å²) in [6.45, 7) is 1.05. The summed E-state index contributed by atoms with van der Waals surface area (Å²) in [5, 5.41) is 0.602. The van der Waals surface area contributed by atoms with E-state index in [1.54, 1.807) is 11.0 Å². The van der Waals surface area contributed by atoms with Gasteiger partial charge in [-0.25, -0.2) is 0 Å². The number of carbonyl (C=O) groups excluding carboxylic acids is 1. The Morgan fingerprint density at radius 1 is 0.906 bits per heavy atom. The molecule has 0 bridgehead atoms. The molecule has 0 unspecified atom stereocenters. The van der Waals surface area contributed by atoms with Crippen LogP contribution in [0.1, 0.15) is 12.0 Å². The lowest BCUT2D eigenvalue weighted by atomic mass is 10.2. The fraction of sp³-hybridized carbons (Fsp3) is 0.120. The number of benzene rings is 3. The molecule has 1 saturated heterocycles. The molecule has 4 nitrogen and oxygen atoms in total. The predicted molar refractivity (Wildman–Crippen MR) is 136 cm³/mol. The summed E-state index contributed by atoms with van der Waals surface area (Å²) in [7, 11) is 0. The van der Waals surface area contributed by atoms with E-state index in [0.717, 1.165) is 23.4 Å². The number of anilines is 1. The van der Waals surface area contributed by atoms with Crippen LogP contribution in [-0.2, 0) is 4.79 Å². The first-order chi connectivity index (χ1) is 15.6. The molecule has 1 heterocycles. The van der Waals surface area contributed by atoms with Gasteiger partial charge >= 0.3 is 0 Å². The lowest BCUT2D eigenvalue weighted by molar-refractivity contribution is -0.113. The van der Waals surface area contributed by atoms with Gasteiger partial charge < -0.3 is 9.47 Å². The van der Waals surface area contributed by atoms with E-state index >= 15 is 0 Å². The zero-order valence-corrected chi connectivity index (χ0v) is 19.5. The van der Waals surface area contributed by atoms with Crippen LogP contribution in [0.15, 0.2) is 83.8 Å². The van der Waals surface area contributed by atoms with E-state index in [2.05, 4.69) is 0 Å². The van der Waals surface area contributed by atoms with E-state index < -0.39 is 0 Å². The Bertz CT molecular complexity index is 1130. The Balaban J connectivity index is 1.29. The van der Waals surface area contributed by atoms with Crippen LogP contribution in [0.4, 0.5) is 5.69 Å². The molecule has 4 rings (SSSR count). The third-order valence-electron chi connectivity index (χ3n) is 4.64. The molecule has 0 aliphatic carbocycles. The average Bonchev–Trinajstić information content (AvgIpc) is 3.09. The van der Waals surface area contributed by atoms with Gasteiger partial charge in [0.05, 0.1) is 28.8 Å². The Morgan fingerprint density at radius 3 is 2.34 bits per heavy atom. The second kappa shape index (κ2) is 10.7. The van der Waals surface area contributed by atoms with Gasteiger partial charge in [0.2, 0.25) is 0 Å². The number of hydrogen-bond donors (Lipinski definition) is 0. The molecule has 1 fully saturated rings. The van der Waals surface area contributed by atoms with Crippen molar-refractivity contribution in [3.63, 3.8) is 0 Å². The molecule has 0 radical (unpaired) electrons. The predicted octanol–water partition coefficient (Wildman–Crippen LogP) is 6.59. The van der Waals surface area contributed by atoms with Gasteiger partial charge in [-0.3, -0.25) is 9.69 Å². The molecular weight excluding hydrogens is 462 g/mol. The highest BCUT2D eigenvalue weighted by molar-refractivity contribution is 8.27. The van der Waals surface area contributed by atoms with Crippen molar-refractivity contribution in [2.45, 2.75) is 6.42 Å². The molecule has 7 heteroatoms. The van der Waals surface area contributed by atoms with Crippen molar-refractivity contribution in [2.75, 3.05) is 18.1 Å². The van der Waals surface area contributed by atoms with E-state index in [9.17, 15) is 4.79 Å². The van der Waals surface area contributed by atoms with Crippen LogP contribution in [0.5, 0.6) is 11.5 Å². The molecule has 1 aliphatic heterocycles. The summed E-state index contributed by atoms with van der Waals surface area (Å²) < 4.78 is 12.0. The highest BCUT2D eigenvalue weighted by atomic mass is 35.5. The van der Waals surface area contributed by atoms with Crippen molar-refractivity contribution < 1.29 is 14.3 Å². The van der Waals surface area contributed by atoms with Crippen molar-refractivity contribution in [2.24, 2.45) is 0 Å². The van der Waals surface area contributed by atoms with Gasteiger partial charge in [0, 0.05) is 6.42 Å². The Morgan fingerprint density at radius 2 is 1.59 bits per heavy atom. The summed E-state index contributed by atoms with van der Waals surface area (Å²) in [5.74, 6) is 1.33. The highest BCUT2D eigenvalue weighted by Gasteiger charge is 2.33. The molecule has 162 valence electrons. The number of hydrogen-bond acceptors (Lipinski definition) is 5. The Kier molecular flexibility index (Phi) is 7.47. The van der Waals surface area contributed by atoms with Crippen LogP contribution < -0.4 is 14.4 Å². The van der Waals surface area contributed by atoms with E-state index in [4.69, 9.17) is 33.3 Å². The van der Waals surface area contributed by atoms with Crippen LogP contribution in [0.2, 0.25) is 5.02 Å². The normalized spacial score (nSPS) is 14.8. The number of amides is 1. The number of halogens is 1. The molecule has 0 saturated carbocycles. The van der Waals surface area contributed by atoms with E-state index in [1.165, 1.54) is 11.8 Å². The van der Waals surface area contributed by atoms with Crippen LogP contribution in [-0.4, -0.2) is 23.4 Å². The fourth-order valence-electron chi connectivity index (χ4n) is 3.07. The SMILES string of the molecule is O=C1/C(=C\c2ccc(OCCCOc3ccccc3Cl)cc2)SC(=S)N1c1ccccc1. The smallest absolute Gasteiger partial charge is 0.270 e. The monoisotopic (exact) mass is 481 g/mol. The van der Waals surface area contributed by atoms with Gasteiger partial charge in [-0.2, -0.15) is 0 Å². The molecule has 32 heavy (non-hydrogen) atoms. The number of thiocarbonyl (C=S) groups is 1. The molecule has 0 atom stereocenters. The first-order valence-corrected chi connectivity index (χ1v) is 11.7. The average molecular weight is 482 g/mol. The number of para-hydroxylation sites is 2. The van der Waals surface area contributed by atoms with E-state index in [1.807, 2.05) is 78.9 Å². The Labute approximate surface area is 201 Å². The third-order valence-corrected chi connectivity index (χ3v) is 6.25. The molecule has 0 N–H and O–H groups in total. The fourth-order valence-corrected chi connectivity index (χ4v) is 4.56. The molecule has 1 aliphatic rings. The number of thioether (sulfide) groups is 1. The highest BCUT2D eigenvalue weighted by Crippen LogP contribution is 2.36. The van der Waals surface area contributed by atoms with Gasteiger partial charge in [0.15, 0.2) is 4.32 Å². The van der Waals surface area contributed by atoms with Crippen LogP contribution in [0.3, 0.4) is 0 Å². The zero-order valence-electron chi connectivity index (χ0n) is 17.1. The summed E-state index contributed by atoms with van der Waals surface area (Å²) >= 11 is 12.8. The van der Waals surface area contributed by atoms with Gasteiger partial charge in [0.25, 0.3) is 5.91 Å². The van der Waals surface area contributed by atoms with E-state index in [0.29, 0.717) is 33.2 Å². The molecule has 0 spiro atoms. The van der Waals surface area contributed by atoms with Crippen LogP contribution >= 0.6 is 35.6 Å². The van der Waals surface area contributed by atoms with Crippen molar-refractivity contribution in [3.8, 4) is 11.5 Å². The number of nitrogens with zero attached hydrogens (tertiary/aromatic N) is 1.